The fourth-order valence-corrected chi connectivity index (χ4v) is 6.42. The fourth-order valence-electron chi connectivity index (χ4n) is 6.23. The molecule has 0 radical (unpaired) electrons. The Bertz CT molecular complexity index is 863. The number of likely N-dealkylation sites (N-methyl/N-ethyl adjacent to an activating group) is 1. The minimum absolute atomic E-state index is 0.00543. The Labute approximate surface area is 228 Å². The molecule has 0 bridgehead atoms. The lowest BCUT2D eigenvalue weighted by molar-refractivity contribution is -0.121. The molecule has 208 valence electrons. The number of nitrogens with zero attached hydrogens (tertiary/aromatic N) is 1. The van der Waals surface area contributed by atoms with Crippen molar-refractivity contribution < 1.29 is 14.7 Å². The van der Waals surface area contributed by atoms with Crippen LogP contribution < -0.4 is 16.0 Å². The van der Waals surface area contributed by atoms with E-state index in [2.05, 4.69) is 16.0 Å². The maximum absolute atomic E-state index is 13.4. The van der Waals surface area contributed by atoms with E-state index in [1.165, 1.54) is 32.1 Å². The van der Waals surface area contributed by atoms with Gasteiger partial charge in [0.05, 0.1) is 5.60 Å². The van der Waals surface area contributed by atoms with Crippen LogP contribution in [0.5, 0.6) is 0 Å². The Balaban J connectivity index is 1.69. The maximum atomic E-state index is 13.4. The molecule has 1 saturated carbocycles. The Morgan fingerprint density at radius 2 is 1.97 bits per heavy atom. The van der Waals surface area contributed by atoms with Crippen molar-refractivity contribution in [3.05, 3.63) is 34.9 Å². The molecule has 2 aliphatic rings. The lowest BCUT2D eigenvalue weighted by Crippen LogP contribution is -2.54. The third kappa shape index (κ3) is 8.86. The molecule has 1 aromatic carbocycles. The third-order valence-corrected chi connectivity index (χ3v) is 8.40. The summed E-state index contributed by atoms with van der Waals surface area (Å²) in [6.07, 6.45) is 10.4. The van der Waals surface area contributed by atoms with Crippen LogP contribution in [0.1, 0.15) is 83.1 Å². The van der Waals surface area contributed by atoms with E-state index in [0.29, 0.717) is 49.8 Å². The molecule has 3 rings (SSSR count). The summed E-state index contributed by atoms with van der Waals surface area (Å²) in [5.41, 5.74) is -0.406. The highest BCUT2D eigenvalue weighted by Crippen LogP contribution is 2.40. The Morgan fingerprint density at radius 1 is 1.19 bits per heavy atom. The summed E-state index contributed by atoms with van der Waals surface area (Å²) in [7, 11) is 1.93. The zero-order chi connectivity index (χ0) is 26.7. The van der Waals surface area contributed by atoms with Crippen molar-refractivity contribution in [1.29, 1.82) is 0 Å². The molecular weight excluding hydrogens is 488 g/mol. The second-order valence-electron chi connectivity index (χ2n) is 11.0. The average Bonchev–Trinajstić information content (AvgIpc) is 2.89. The molecule has 3 amide bonds. The number of amides is 3. The summed E-state index contributed by atoms with van der Waals surface area (Å²) >= 11 is 6.31. The van der Waals surface area contributed by atoms with Gasteiger partial charge in [-0.1, -0.05) is 55.8 Å². The van der Waals surface area contributed by atoms with Crippen LogP contribution in [0, 0.1) is 11.8 Å². The predicted molar refractivity (Wildman–Crippen MR) is 150 cm³/mol. The lowest BCUT2D eigenvalue weighted by Gasteiger charge is -2.43. The van der Waals surface area contributed by atoms with Crippen LogP contribution in [0.4, 0.5) is 4.79 Å². The van der Waals surface area contributed by atoms with Gasteiger partial charge in [-0.3, -0.25) is 4.79 Å². The maximum Gasteiger partial charge on any atom is 0.317 e. The minimum Gasteiger partial charge on any atom is -0.385 e. The normalized spacial score (nSPS) is 21.2. The van der Waals surface area contributed by atoms with E-state index >= 15 is 0 Å². The molecule has 37 heavy (non-hydrogen) atoms. The van der Waals surface area contributed by atoms with Gasteiger partial charge < -0.3 is 26.0 Å². The predicted octanol–water partition coefficient (Wildman–Crippen LogP) is 4.81. The Kier molecular flexibility index (Phi) is 12.0. The van der Waals surface area contributed by atoms with E-state index in [-0.39, 0.29) is 23.9 Å². The first-order valence-corrected chi connectivity index (χ1v) is 14.7. The van der Waals surface area contributed by atoms with Gasteiger partial charge in [-0.25, -0.2) is 4.79 Å². The van der Waals surface area contributed by atoms with Gasteiger partial charge in [-0.05, 0) is 69.7 Å². The molecule has 1 saturated heterocycles. The van der Waals surface area contributed by atoms with E-state index in [1.54, 1.807) is 6.07 Å². The number of hydrogen-bond acceptors (Lipinski definition) is 4. The van der Waals surface area contributed by atoms with E-state index < -0.39 is 5.60 Å². The van der Waals surface area contributed by atoms with Gasteiger partial charge in [0, 0.05) is 49.6 Å². The van der Waals surface area contributed by atoms with E-state index in [0.717, 1.165) is 31.4 Å². The Morgan fingerprint density at radius 3 is 2.68 bits per heavy atom. The van der Waals surface area contributed by atoms with Crippen LogP contribution in [0.3, 0.4) is 0 Å². The topological polar surface area (TPSA) is 93.7 Å². The quantitative estimate of drug-likeness (QED) is 0.309. The summed E-state index contributed by atoms with van der Waals surface area (Å²) in [5, 5.41) is 22.0. The molecule has 3 atom stereocenters. The molecule has 0 spiro atoms. The summed E-state index contributed by atoms with van der Waals surface area (Å²) < 4.78 is 0. The van der Waals surface area contributed by atoms with Gasteiger partial charge in [0.2, 0.25) is 5.91 Å². The number of benzene rings is 1. The highest BCUT2D eigenvalue weighted by Gasteiger charge is 2.41. The molecule has 1 aromatic rings. The van der Waals surface area contributed by atoms with E-state index in [1.807, 2.05) is 37.1 Å². The lowest BCUT2D eigenvalue weighted by atomic mass is 9.74. The summed E-state index contributed by atoms with van der Waals surface area (Å²) in [6.45, 7) is 4.41. The average molecular weight is 535 g/mol. The highest BCUT2D eigenvalue weighted by atomic mass is 35.5. The number of hydrogen-bond donors (Lipinski definition) is 4. The molecule has 1 unspecified atom stereocenters. The van der Waals surface area contributed by atoms with Crippen LogP contribution in [0.25, 0.3) is 0 Å². The standard InChI is InChI=1S/C29H47ClN4O3/c1-3-32-27(35)15-8-16-29(37,23-12-7-14-25(30)19-23)24-13-9-17-34(21-24)28(36)33-26(20-31-2)18-22-10-5-4-6-11-22/h7,12,14,19,22,24,26,31,37H,3-6,8-11,13,15-18,20-21H2,1-2H3,(H,32,35)(H,33,36)/t24-,26?,29-/m1/s1. The van der Waals surface area contributed by atoms with E-state index in [4.69, 9.17) is 11.6 Å². The van der Waals surface area contributed by atoms with Gasteiger partial charge in [0.1, 0.15) is 0 Å². The molecule has 2 fully saturated rings. The smallest absolute Gasteiger partial charge is 0.317 e. The number of carbonyl (C=O) groups excluding carboxylic acids is 2. The third-order valence-electron chi connectivity index (χ3n) is 8.16. The van der Waals surface area contributed by atoms with Crippen molar-refractivity contribution in [3.63, 3.8) is 0 Å². The van der Waals surface area contributed by atoms with Crippen molar-refractivity contribution >= 4 is 23.5 Å². The number of nitrogens with one attached hydrogen (secondary N) is 3. The molecule has 1 aliphatic heterocycles. The molecule has 8 heteroatoms. The minimum atomic E-state index is -1.16. The monoisotopic (exact) mass is 534 g/mol. The molecular formula is C29H47ClN4O3. The SMILES string of the molecule is CCNC(=O)CCC[C@@](O)(c1cccc(Cl)c1)[C@@H]1CCCN(C(=O)NC(CNC)CC2CCCCC2)C1. The number of rotatable bonds is 12. The van der Waals surface area contributed by atoms with Crippen molar-refractivity contribution in [2.75, 3.05) is 33.2 Å². The second-order valence-corrected chi connectivity index (χ2v) is 11.4. The van der Waals surface area contributed by atoms with Gasteiger partial charge in [-0.2, -0.15) is 0 Å². The zero-order valence-electron chi connectivity index (χ0n) is 22.7. The molecule has 1 heterocycles. The highest BCUT2D eigenvalue weighted by molar-refractivity contribution is 6.30. The van der Waals surface area contributed by atoms with Gasteiger partial charge >= 0.3 is 6.03 Å². The van der Waals surface area contributed by atoms with Crippen molar-refractivity contribution in [2.45, 2.75) is 89.2 Å². The van der Waals surface area contributed by atoms with Gasteiger partial charge in [0.25, 0.3) is 0 Å². The molecule has 7 nitrogen and oxygen atoms in total. The van der Waals surface area contributed by atoms with Crippen molar-refractivity contribution in [1.82, 2.24) is 20.9 Å². The van der Waals surface area contributed by atoms with Crippen molar-refractivity contribution in [3.8, 4) is 0 Å². The number of halogens is 1. The zero-order valence-corrected chi connectivity index (χ0v) is 23.5. The number of urea groups is 1. The molecule has 1 aliphatic carbocycles. The van der Waals surface area contributed by atoms with Crippen molar-refractivity contribution in [2.24, 2.45) is 11.8 Å². The van der Waals surface area contributed by atoms with Gasteiger partial charge in [-0.15, -0.1) is 0 Å². The van der Waals surface area contributed by atoms with Crippen LogP contribution in [0.15, 0.2) is 24.3 Å². The fraction of sp³-hybridized carbons (Fsp3) is 0.724. The van der Waals surface area contributed by atoms with Crippen LogP contribution in [-0.4, -0.2) is 61.2 Å². The first-order chi connectivity index (χ1) is 17.9. The summed E-state index contributed by atoms with van der Waals surface area (Å²) in [6, 6.07) is 7.44. The summed E-state index contributed by atoms with van der Waals surface area (Å²) in [4.78, 5) is 27.3. The van der Waals surface area contributed by atoms with E-state index in [9.17, 15) is 14.7 Å². The molecule has 0 aromatic heterocycles. The van der Waals surface area contributed by atoms with Crippen LogP contribution in [-0.2, 0) is 10.4 Å². The number of aliphatic hydroxyl groups is 1. The molecule has 4 N–H and O–H groups in total. The number of piperidine rings is 1. The largest absolute Gasteiger partial charge is 0.385 e. The van der Waals surface area contributed by atoms with Crippen LogP contribution >= 0.6 is 11.6 Å². The first-order valence-electron chi connectivity index (χ1n) is 14.3. The summed E-state index contributed by atoms with van der Waals surface area (Å²) in [5.74, 6) is 0.536. The van der Waals surface area contributed by atoms with Gasteiger partial charge in [0.15, 0.2) is 0 Å². The Hall–Kier alpha value is -1.83. The number of carbonyl (C=O) groups is 2. The number of likely N-dealkylation sites (tertiary alicyclic amines) is 1. The second kappa shape index (κ2) is 14.9. The first kappa shape index (κ1) is 29.7. The van der Waals surface area contributed by atoms with Crippen LogP contribution in [0.2, 0.25) is 5.02 Å².